The number of carbonyl (C=O) groups is 1. The molecule has 0 unspecified atom stereocenters. The van der Waals surface area contributed by atoms with E-state index in [9.17, 15) is 4.79 Å². The van der Waals surface area contributed by atoms with Crippen molar-refractivity contribution in [2.24, 2.45) is 0 Å². The molecule has 1 heterocycles. The van der Waals surface area contributed by atoms with Crippen molar-refractivity contribution in [3.63, 3.8) is 0 Å². The van der Waals surface area contributed by atoms with E-state index in [1.54, 1.807) is 0 Å². The Bertz CT molecular complexity index is 411. The summed E-state index contributed by atoms with van der Waals surface area (Å²) >= 11 is 3.39. The first-order chi connectivity index (χ1) is 8.22. The number of carbonyl (C=O) groups excluding carboxylic acids is 1. The quantitative estimate of drug-likeness (QED) is 0.787. The Kier molecular flexibility index (Phi) is 4.18. The van der Waals surface area contributed by atoms with Crippen molar-refractivity contribution in [2.45, 2.75) is 18.8 Å². The van der Waals surface area contributed by atoms with Crippen molar-refractivity contribution >= 4 is 21.9 Å². The predicted molar refractivity (Wildman–Crippen MR) is 68.3 cm³/mol. The monoisotopic (exact) mass is 298 g/mol. The molecule has 0 saturated carbocycles. The molecule has 4 heteroatoms. The fourth-order valence-corrected chi connectivity index (χ4v) is 2.54. The van der Waals surface area contributed by atoms with Gasteiger partial charge in [-0.05, 0) is 36.5 Å². The molecule has 17 heavy (non-hydrogen) atoms. The highest BCUT2D eigenvalue weighted by molar-refractivity contribution is 9.10. The Labute approximate surface area is 109 Å². The Morgan fingerprint density at radius 1 is 1.41 bits per heavy atom. The van der Waals surface area contributed by atoms with Crippen molar-refractivity contribution in [2.75, 3.05) is 20.3 Å². The van der Waals surface area contributed by atoms with Crippen LogP contribution in [0.2, 0.25) is 0 Å². The average Bonchev–Trinajstić information content (AvgIpc) is 2.38. The maximum Gasteiger partial charge on any atom is 0.338 e. The molecule has 0 amide bonds. The van der Waals surface area contributed by atoms with Gasteiger partial charge in [-0.2, -0.15) is 0 Å². The van der Waals surface area contributed by atoms with Gasteiger partial charge in [-0.25, -0.2) is 4.79 Å². The van der Waals surface area contributed by atoms with Gasteiger partial charge in [-0.1, -0.05) is 22.0 Å². The molecule has 0 spiro atoms. The van der Waals surface area contributed by atoms with Crippen molar-refractivity contribution in [1.82, 2.24) is 0 Å². The van der Waals surface area contributed by atoms with E-state index in [4.69, 9.17) is 9.47 Å². The summed E-state index contributed by atoms with van der Waals surface area (Å²) < 4.78 is 11.1. The molecule has 0 atom stereocenters. The van der Waals surface area contributed by atoms with Gasteiger partial charge in [0.1, 0.15) is 0 Å². The summed E-state index contributed by atoms with van der Waals surface area (Å²) in [5, 5.41) is 0. The second-order valence-corrected chi connectivity index (χ2v) is 5.03. The van der Waals surface area contributed by atoms with E-state index in [1.165, 1.54) is 7.11 Å². The van der Waals surface area contributed by atoms with E-state index in [0.29, 0.717) is 11.5 Å². The van der Waals surface area contributed by atoms with Gasteiger partial charge >= 0.3 is 5.97 Å². The van der Waals surface area contributed by atoms with Crippen LogP contribution < -0.4 is 0 Å². The lowest BCUT2D eigenvalue weighted by Gasteiger charge is -2.24. The molecular weight excluding hydrogens is 284 g/mol. The lowest BCUT2D eigenvalue weighted by Crippen LogP contribution is -2.17. The number of benzene rings is 1. The minimum Gasteiger partial charge on any atom is -0.465 e. The molecule has 1 aliphatic heterocycles. The Balaban J connectivity index is 2.34. The molecule has 1 aromatic carbocycles. The molecule has 2 rings (SSSR count). The van der Waals surface area contributed by atoms with E-state index in [1.807, 2.05) is 18.2 Å². The highest BCUT2D eigenvalue weighted by Gasteiger charge is 2.22. The van der Waals surface area contributed by atoms with Gasteiger partial charge in [0.2, 0.25) is 0 Å². The van der Waals surface area contributed by atoms with Gasteiger partial charge in [-0.15, -0.1) is 0 Å². The lowest BCUT2D eigenvalue weighted by atomic mass is 9.88. The maximum absolute atomic E-state index is 11.8. The van der Waals surface area contributed by atoms with Gasteiger partial charge in [0.05, 0.1) is 12.7 Å². The Morgan fingerprint density at radius 3 is 2.76 bits per heavy atom. The van der Waals surface area contributed by atoms with E-state index in [0.717, 1.165) is 36.1 Å². The van der Waals surface area contributed by atoms with Crippen molar-refractivity contribution in [3.05, 3.63) is 33.8 Å². The van der Waals surface area contributed by atoms with Crippen LogP contribution in [0.5, 0.6) is 0 Å². The molecule has 1 aromatic rings. The number of hydrogen-bond donors (Lipinski definition) is 0. The van der Waals surface area contributed by atoms with Crippen LogP contribution in [-0.2, 0) is 9.47 Å². The van der Waals surface area contributed by atoms with E-state index in [2.05, 4.69) is 15.9 Å². The smallest absolute Gasteiger partial charge is 0.338 e. The second-order valence-electron chi connectivity index (χ2n) is 4.11. The zero-order valence-electron chi connectivity index (χ0n) is 9.74. The molecule has 1 fully saturated rings. The highest BCUT2D eigenvalue weighted by Crippen LogP contribution is 2.31. The number of esters is 1. The van der Waals surface area contributed by atoms with Crippen molar-refractivity contribution in [1.29, 1.82) is 0 Å². The fraction of sp³-hybridized carbons (Fsp3) is 0.462. The average molecular weight is 299 g/mol. The summed E-state index contributed by atoms with van der Waals surface area (Å²) in [6.07, 6.45) is 1.93. The first-order valence-electron chi connectivity index (χ1n) is 5.68. The SMILES string of the molecule is COC(=O)c1cc(Br)ccc1C1CCOCC1. The predicted octanol–water partition coefficient (Wildman–Crippen LogP) is 3.13. The minimum absolute atomic E-state index is 0.271. The third-order valence-electron chi connectivity index (χ3n) is 3.08. The first kappa shape index (κ1) is 12.6. The van der Waals surface area contributed by atoms with Gasteiger partial charge in [-0.3, -0.25) is 0 Å². The van der Waals surface area contributed by atoms with E-state index >= 15 is 0 Å². The van der Waals surface area contributed by atoms with Crippen LogP contribution in [0.4, 0.5) is 0 Å². The van der Waals surface area contributed by atoms with Crippen LogP contribution in [0.1, 0.15) is 34.7 Å². The molecule has 0 bridgehead atoms. The summed E-state index contributed by atoms with van der Waals surface area (Å²) in [5.74, 6) is 0.124. The first-order valence-corrected chi connectivity index (χ1v) is 6.47. The summed E-state index contributed by atoms with van der Waals surface area (Å²) in [5.41, 5.74) is 1.73. The van der Waals surface area contributed by atoms with Gasteiger partial charge in [0.25, 0.3) is 0 Å². The maximum atomic E-state index is 11.8. The molecule has 0 radical (unpaired) electrons. The van der Waals surface area contributed by atoms with Crippen LogP contribution in [-0.4, -0.2) is 26.3 Å². The summed E-state index contributed by atoms with van der Waals surface area (Å²) in [6, 6.07) is 5.81. The van der Waals surface area contributed by atoms with Gasteiger partial charge < -0.3 is 9.47 Å². The molecule has 0 aromatic heterocycles. The zero-order valence-corrected chi connectivity index (χ0v) is 11.3. The Hall–Kier alpha value is -0.870. The molecule has 92 valence electrons. The number of methoxy groups -OCH3 is 1. The molecule has 3 nitrogen and oxygen atoms in total. The van der Waals surface area contributed by atoms with Crippen molar-refractivity contribution < 1.29 is 14.3 Å². The summed E-state index contributed by atoms with van der Waals surface area (Å²) in [6.45, 7) is 1.53. The van der Waals surface area contributed by atoms with E-state index in [-0.39, 0.29) is 5.97 Å². The number of hydrogen-bond acceptors (Lipinski definition) is 3. The number of halogens is 1. The highest BCUT2D eigenvalue weighted by atomic mass is 79.9. The van der Waals surface area contributed by atoms with Crippen LogP contribution in [0.3, 0.4) is 0 Å². The van der Waals surface area contributed by atoms with Gasteiger partial charge in [0, 0.05) is 17.7 Å². The number of ether oxygens (including phenoxy) is 2. The van der Waals surface area contributed by atoms with Crippen LogP contribution in [0.25, 0.3) is 0 Å². The van der Waals surface area contributed by atoms with Gasteiger partial charge in [0.15, 0.2) is 0 Å². The fourth-order valence-electron chi connectivity index (χ4n) is 2.18. The molecule has 1 saturated heterocycles. The molecular formula is C13H15BrO3. The summed E-state index contributed by atoms with van der Waals surface area (Å²) in [4.78, 5) is 11.8. The third-order valence-corrected chi connectivity index (χ3v) is 3.58. The molecule has 0 aliphatic carbocycles. The van der Waals surface area contributed by atoms with E-state index < -0.39 is 0 Å². The van der Waals surface area contributed by atoms with Crippen LogP contribution >= 0.6 is 15.9 Å². The largest absolute Gasteiger partial charge is 0.465 e. The second kappa shape index (κ2) is 5.65. The normalized spacial score (nSPS) is 16.8. The molecule has 1 aliphatic rings. The molecule has 0 N–H and O–H groups in total. The lowest BCUT2D eigenvalue weighted by molar-refractivity contribution is 0.0592. The third kappa shape index (κ3) is 2.87. The number of rotatable bonds is 2. The summed E-state index contributed by atoms with van der Waals surface area (Å²) in [7, 11) is 1.41. The van der Waals surface area contributed by atoms with Crippen LogP contribution in [0.15, 0.2) is 22.7 Å². The topological polar surface area (TPSA) is 35.5 Å². The Morgan fingerprint density at radius 2 is 2.12 bits per heavy atom. The van der Waals surface area contributed by atoms with Crippen molar-refractivity contribution in [3.8, 4) is 0 Å². The minimum atomic E-state index is -0.271. The zero-order chi connectivity index (χ0) is 12.3. The standard InChI is InChI=1S/C13H15BrO3/c1-16-13(15)12-8-10(14)2-3-11(12)9-4-6-17-7-5-9/h2-3,8-9H,4-7H2,1H3. The van der Waals surface area contributed by atoms with Crippen LogP contribution in [0, 0.1) is 0 Å².